The Balaban J connectivity index is 2.51. The highest BCUT2D eigenvalue weighted by Gasteiger charge is 2.20. The zero-order valence-corrected chi connectivity index (χ0v) is 9.71. The quantitative estimate of drug-likeness (QED) is 0.745. The van der Waals surface area contributed by atoms with Crippen molar-refractivity contribution in [2.75, 3.05) is 13.2 Å². The smallest absolute Gasteiger partial charge is 0.329 e. The van der Waals surface area contributed by atoms with E-state index in [1.54, 1.807) is 6.92 Å². The predicted molar refractivity (Wildman–Crippen MR) is 60.2 cm³/mol. The molecule has 1 N–H and O–H groups in total. The summed E-state index contributed by atoms with van der Waals surface area (Å²) in [5.41, 5.74) is -0.360. The molecule has 1 aromatic rings. The summed E-state index contributed by atoms with van der Waals surface area (Å²) in [5.74, 6) is 0. The van der Waals surface area contributed by atoms with E-state index in [0.29, 0.717) is 31.6 Å². The van der Waals surface area contributed by atoms with Crippen molar-refractivity contribution >= 4 is 11.6 Å². The van der Waals surface area contributed by atoms with Crippen LogP contribution >= 0.6 is 11.6 Å². The second-order valence-corrected chi connectivity index (χ2v) is 4.27. The third-order valence-corrected chi connectivity index (χ3v) is 3.24. The first-order valence-corrected chi connectivity index (χ1v) is 5.57. The number of ether oxygens (including phenoxy) is 1. The third kappa shape index (κ3) is 1.92. The molecular formula is C10H13ClN2O3. The topological polar surface area (TPSA) is 64.1 Å². The van der Waals surface area contributed by atoms with Gasteiger partial charge in [-0.1, -0.05) is 11.6 Å². The molecule has 0 atom stereocenters. The maximum Gasteiger partial charge on any atom is 0.329 e. The van der Waals surface area contributed by atoms with Gasteiger partial charge in [-0.2, -0.15) is 0 Å². The summed E-state index contributed by atoms with van der Waals surface area (Å²) in [6.07, 6.45) is 1.37. The SMILES string of the molecule is Cc1c(Cl)[nH]c(=O)n(C2CCOCC2)c1=O. The summed E-state index contributed by atoms with van der Waals surface area (Å²) < 4.78 is 6.45. The summed E-state index contributed by atoms with van der Waals surface area (Å²) >= 11 is 5.74. The number of nitrogens with zero attached hydrogens (tertiary/aromatic N) is 1. The number of nitrogens with one attached hydrogen (secondary N) is 1. The Morgan fingerprint density at radius 2 is 2.00 bits per heavy atom. The van der Waals surface area contributed by atoms with Crippen LogP contribution in [0.1, 0.15) is 24.4 Å². The Kier molecular flexibility index (Phi) is 3.16. The maximum absolute atomic E-state index is 11.9. The van der Waals surface area contributed by atoms with Crippen molar-refractivity contribution in [3.8, 4) is 0 Å². The lowest BCUT2D eigenvalue weighted by Crippen LogP contribution is -2.41. The summed E-state index contributed by atoms with van der Waals surface area (Å²) in [7, 11) is 0. The largest absolute Gasteiger partial charge is 0.381 e. The minimum Gasteiger partial charge on any atom is -0.381 e. The van der Waals surface area contributed by atoms with E-state index in [4.69, 9.17) is 16.3 Å². The van der Waals surface area contributed by atoms with Crippen LogP contribution in [-0.4, -0.2) is 22.8 Å². The van der Waals surface area contributed by atoms with Gasteiger partial charge in [0.2, 0.25) is 0 Å². The molecule has 0 radical (unpaired) electrons. The maximum atomic E-state index is 11.9. The van der Waals surface area contributed by atoms with E-state index >= 15 is 0 Å². The summed E-state index contributed by atoms with van der Waals surface area (Å²) in [5, 5.41) is 0.123. The van der Waals surface area contributed by atoms with Gasteiger partial charge >= 0.3 is 5.69 Å². The summed E-state index contributed by atoms with van der Waals surface area (Å²) in [6.45, 7) is 2.77. The van der Waals surface area contributed by atoms with Crippen molar-refractivity contribution in [1.82, 2.24) is 9.55 Å². The third-order valence-electron chi connectivity index (χ3n) is 2.86. The van der Waals surface area contributed by atoms with Gasteiger partial charge in [-0.25, -0.2) is 4.79 Å². The summed E-state index contributed by atoms with van der Waals surface area (Å²) in [4.78, 5) is 26.1. The molecule has 5 nitrogen and oxygen atoms in total. The highest BCUT2D eigenvalue weighted by atomic mass is 35.5. The molecule has 2 rings (SSSR count). The normalized spacial score (nSPS) is 17.6. The summed E-state index contributed by atoms with van der Waals surface area (Å²) in [6, 6.07) is -0.0824. The van der Waals surface area contributed by atoms with E-state index in [2.05, 4.69) is 4.98 Å². The Morgan fingerprint density at radius 1 is 1.38 bits per heavy atom. The molecule has 6 heteroatoms. The standard InChI is InChI=1S/C10H13ClN2O3/c1-6-8(11)12-10(15)13(9(6)14)7-2-4-16-5-3-7/h7H,2-5H2,1H3,(H,12,15). The molecule has 0 amide bonds. The second-order valence-electron chi connectivity index (χ2n) is 3.89. The molecule has 1 aliphatic rings. The van der Waals surface area contributed by atoms with Crippen molar-refractivity contribution in [2.45, 2.75) is 25.8 Å². The van der Waals surface area contributed by atoms with Crippen molar-refractivity contribution in [1.29, 1.82) is 0 Å². The molecule has 1 aromatic heterocycles. The van der Waals surface area contributed by atoms with E-state index in [1.165, 1.54) is 4.57 Å². The lowest BCUT2D eigenvalue weighted by molar-refractivity contribution is 0.0674. The molecule has 0 spiro atoms. The van der Waals surface area contributed by atoms with Gasteiger partial charge in [-0.15, -0.1) is 0 Å². The molecule has 1 fully saturated rings. The van der Waals surface area contributed by atoms with Crippen LogP contribution in [0.4, 0.5) is 0 Å². The van der Waals surface area contributed by atoms with Crippen molar-refractivity contribution in [3.63, 3.8) is 0 Å². The van der Waals surface area contributed by atoms with Crippen LogP contribution in [0.25, 0.3) is 0 Å². The average molecular weight is 245 g/mol. The van der Waals surface area contributed by atoms with E-state index < -0.39 is 5.69 Å². The highest BCUT2D eigenvalue weighted by molar-refractivity contribution is 6.30. The predicted octanol–water partition coefficient (Wildman–Crippen LogP) is 0.850. The number of hydrogen-bond acceptors (Lipinski definition) is 3. The fraction of sp³-hybridized carbons (Fsp3) is 0.600. The van der Waals surface area contributed by atoms with Crippen LogP contribution in [0.2, 0.25) is 5.15 Å². The highest BCUT2D eigenvalue weighted by Crippen LogP contribution is 2.17. The lowest BCUT2D eigenvalue weighted by atomic mass is 10.1. The van der Waals surface area contributed by atoms with Gasteiger partial charge in [0.15, 0.2) is 0 Å². The van der Waals surface area contributed by atoms with Crippen molar-refractivity contribution in [3.05, 3.63) is 31.6 Å². The Hall–Kier alpha value is -1.07. The fourth-order valence-electron chi connectivity index (χ4n) is 1.89. The number of H-pyrrole nitrogens is 1. The van der Waals surface area contributed by atoms with Crippen LogP contribution in [0, 0.1) is 6.92 Å². The molecule has 0 aliphatic carbocycles. The van der Waals surface area contributed by atoms with Crippen molar-refractivity contribution < 1.29 is 4.74 Å². The Bertz CT molecular complexity index is 500. The van der Waals surface area contributed by atoms with Gasteiger partial charge in [-0.3, -0.25) is 14.3 Å². The Morgan fingerprint density at radius 3 is 2.62 bits per heavy atom. The van der Waals surface area contributed by atoms with Gasteiger partial charge in [0.25, 0.3) is 5.56 Å². The molecule has 0 unspecified atom stereocenters. The van der Waals surface area contributed by atoms with Gasteiger partial charge in [-0.05, 0) is 19.8 Å². The molecule has 0 aromatic carbocycles. The molecule has 1 aliphatic heterocycles. The number of rotatable bonds is 1. The van der Waals surface area contributed by atoms with Crippen LogP contribution in [0.15, 0.2) is 9.59 Å². The van der Waals surface area contributed by atoms with Gasteiger partial charge < -0.3 is 4.74 Å². The van der Waals surface area contributed by atoms with Crippen LogP contribution in [0.5, 0.6) is 0 Å². The minimum absolute atomic E-state index is 0.0824. The molecule has 0 saturated carbocycles. The van der Waals surface area contributed by atoms with Gasteiger partial charge in [0.05, 0.1) is 0 Å². The van der Waals surface area contributed by atoms with E-state index in [-0.39, 0.29) is 16.8 Å². The van der Waals surface area contributed by atoms with Crippen molar-refractivity contribution in [2.24, 2.45) is 0 Å². The zero-order valence-electron chi connectivity index (χ0n) is 8.96. The molecular weight excluding hydrogens is 232 g/mol. The van der Waals surface area contributed by atoms with E-state index in [1.807, 2.05) is 0 Å². The van der Waals surface area contributed by atoms with Gasteiger partial charge in [0.1, 0.15) is 5.15 Å². The minimum atomic E-state index is -0.437. The Labute approximate surface area is 97.0 Å². The molecule has 88 valence electrons. The zero-order chi connectivity index (χ0) is 11.7. The first kappa shape index (κ1) is 11.4. The fourth-order valence-corrected chi connectivity index (χ4v) is 2.05. The molecule has 16 heavy (non-hydrogen) atoms. The van der Waals surface area contributed by atoms with Crippen LogP contribution in [0.3, 0.4) is 0 Å². The van der Waals surface area contributed by atoms with Crippen LogP contribution < -0.4 is 11.2 Å². The van der Waals surface area contributed by atoms with Crippen LogP contribution in [-0.2, 0) is 4.74 Å². The number of hydrogen-bond donors (Lipinski definition) is 1. The number of halogens is 1. The first-order valence-electron chi connectivity index (χ1n) is 5.20. The first-order chi connectivity index (χ1) is 7.61. The molecule has 0 bridgehead atoms. The monoisotopic (exact) mass is 244 g/mol. The second kappa shape index (κ2) is 4.43. The number of aromatic amines is 1. The van der Waals surface area contributed by atoms with Gasteiger partial charge in [0, 0.05) is 24.8 Å². The molecule has 1 saturated heterocycles. The van der Waals surface area contributed by atoms with E-state index in [9.17, 15) is 9.59 Å². The number of aromatic nitrogens is 2. The van der Waals surface area contributed by atoms with E-state index in [0.717, 1.165) is 0 Å². The lowest BCUT2D eigenvalue weighted by Gasteiger charge is -2.23. The average Bonchev–Trinajstić information content (AvgIpc) is 2.28. The molecule has 2 heterocycles.